The van der Waals surface area contributed by atoms with Gasteiger partial charge in [0.25, 0.3) is 11.5 Å². The number of nitrogens with zero attached hydrogens (tertiary/aromatic N) is 2. The Balaban J connectivity index is 1.21. The zero-order valence-corrected chi connectivity index (χ0v) is 27.2. The summed E-state index contributed by atoms with van der Waals surface area (Å²) in [4.78, 5) is 28.3. The fourth-order valence-corrected chi connectivity index (χ4v) is 6.75. The highest BCUT2D eigenvalue weighted by Gasteiger charge is 2.35. The van der Waals surface area contributed by atoms with Crippen LogP contribution in [0, 0.1) is 12.8 Å². The van der Waals surface area contributed by atoms with Gasteiger partial charge in [0.05, 0.1) is 25.6 Å². The summed E-state index contributed by atoms with van der Waals surface area (Å²) >= 11 is 5.73. The normalized spacial score (nSPS) is 16.6. The summed E-state index contributed by atoms with van der Waals surface area (Å²) in [7, 11) is 3.22. The van der Waals surface area contributed by atoms with Crippen LogP contribution in [0.1, 0.15) is 39.5 Å². The molecule has 1 saturated heterocycles. The standard InChI is InChI=1S/C36H39N5O4S/c1-23-7-11-28(12-8-23)38-36(46)39-29-19-26(35(43)37-16-15-24-9-14-32(44-2)33(18-24)45-3)10-13-31(29)40-20-25-17-27(22-40)30-5-4-6-34(42)41(30)21-25/h4-14,18-19,25,27H,15-17,20-22H2,1-3H3,(H,37,43)(H2,38,39,46). The first-order valence-corrected chi connectivity index (χ1v) is 15.9. The first-order chi connectivity index (χ1) is 22.3. The predicted molar refractivity (Wildman–Crippen MR) is 187 cm³/mol. The molecular weight excluding hydrogens is 598 g/mol. The van der Waals surface area contributed by atoms with E-state index in [1.165, 1.54) is 0 Å². The lowest BCUT2D eigenvalue weighted by atomic mass is 9.83. The Morgan fingerprint density at radius 3 is 2.50 bits per heavy atom. The van der Waals surface area contributed by atoms with Crippen molar-refractivity contribution >= 4 is 40.3 Å². The number of hydrogen-bond donors (Lipinski definition) is 3. The number of rotatable bonds is 9. The van der Waals surface area contributed by atoms with E-state index in [-0.39, 0.29) is 17.4 Å². The van der Waals surface area contributed by atoms with E-state index in [0.717, 1.165) is 53.4 Å². The smallest absolute Gasteiger partial charge is 0.251 e. The molecule has 2 bridgehead atoms. The molecule has 3 N–H and O–H groups in total. The van der Waals surface area contributed by atoms with E-state index >= 15 is 0 Å². The maximum Gasteiger partial charge on any atom is 0.251 e. The van der Waals surface area contributed by atoms with Crippen LogP contribution < -0.4 is 35.9 Å². The maximum absolute atomic E-state index is 13.4. The minimum Gasteiger partial charge on any atom is -0.493 e. The van der Waals surface area contributed by atoms with Crippen LogP contribution in [0.2, 0.25) is 0 Å². The fourth-order valence-electron chi connectivity index (χ4n) is 6.53. The van der Waals surface area contributed by atoms with Crippen molar-refractivity contribution in [3.05, 3.63) is 112 Å². The third-order valence-corrected chi connectivity index (χ3v) is 8.99. The van der Waals surface area contributed by atoms with Gasteiger partial charge >= 0.3 is 0 Å². The van der Waals surface area contributed by atoms with Crippen LogP contribution in [0.15, 0.2) is 83.7 Å². The first kappa shape index (κ1) is 31.2. The Kier molecular flexibility index (Phi) is 9.25. The van der Waals surface area contributed by atoms with Crippen molar-refractivity contribution in [2.75, 3.05) is 49.4 Å². The van der Waals surface area contributed by atoms with Crippen molar-refractivity contribution in [3.63, 3.8) is 0 Å². The molecular formula is C36H39N5O4S. The number of piperidine rings is 1. The molecule has 1 fully saturated rings. The Hall–Kier alpha value is -4.83. The number of amides is 1. The number of ether oxygens (including phenoxy) is 2. The van der Waals surface area contributed by atoms with Crippen LogP contribution in [0.5, 0.6) is 11.5 Å². The quantitative estimate of drug-likeness (QED) is 0.205. The summed E-state index contributed by atoms with van der Waals surface area (Å²) < 4.78 is 12.7. The van der Waals surface area contributed by atoms with E-state index in [4.69, 9.17) is 21.7 Å². The highest BCUT2D eigenvalue weighted by molar-refractivity contribution is 7.80. The highest BCUT2D eigenvalue weighted by atomic mass is 32.1. The van der Waals surface area contributed by atoms with Crippen molar-refractivity contribution in [1.82, 2.24) is 9.88 Å². The largest absolute Gasteiger partial charge is 0.493 e. The van der Waals surface area contributed by atoms with Crippen molar-refractivity contribution in [2.24, 2.45) is 5.92 Å². The van der Waals surface area contributed by atoms with Gasteiger partial charge in [0.15, 0.2) is 16.6 Å². The molecule has 1 aromatic heterocycles. The van der Waals surface area contributed by atoms with E-state index in [0.29, 0.717) is 47.6 Å². The van der Waals surface area contributed by atoms with Crippen LogP contribution in [-0.4, -0.2) is 49.4 Å². The van der Waals surface area contributed by atoms with Gasteiger partial charge in [0, 0.05) is 55.1 Å². The lowest BCUT2D eigenvalue weighted by Gasteiger charge is -2.44. The molecule has 6 rings (SSSR count). The van der Waals surface area contributed by atoms with Gasteiger partial charge in [0.2, 0.25) is 0 Å². The maximum atomic E-state index is 13.4. The molecule has 46 heavy (non-hydrogen) atoms. The lowest BCUT2D eigenvalue weighted by Crippen LogP contribution is -2.47. The Labute approximate surface area is 274 Å². The number of aromatic nitrogens is 1. The molecule has 4 aromatic rings. The number of anilines is 3. The third kappa shape index (κ3) is 6.87. The van der Waals surface area contributed by atoms with Crippen molar-refractivity contribution in [2.45, 2.75) is 32.2 Å². The second kappa shape index (κ2) is 13.7. The van der Waals surface area contributed by atoms with Crippen molar-refractivity contribution in [3.8, 4) is 11.5 Å². The van der Waals surface area contributed by atoms with E-state index in [1.807, 2.05) is 78.2 Å². The van der Waals surface area contributed by atoms with Gasteiger partial charge in [-0.2, -0.15) is 0 Å². The number of nitrogens with one attached hydrogen (secondary N) is 3. The van der Waals surface area contributed by atoms with Crippen LogP contribution in [0.3, 0.4) is 0 Å². The Bertz CT molecular complexity index is 1810. The topological polar surface area (TPSA) is 96.9 Å². The van der Waals surface area contributed by atoms with E-state index in [9.17, 15) is 9.59 Å². The number of benzene rings is 3. The fraction of sp³-hybridized carbons (Fsp3) is 0.306. The molecule has 9 nitrogen and oxygen atoms in total. The van der Waals surface area contributed by atoms with Gasteiger partial charge in [-0.15, -0.1) is 0 Å². The number of methoxy groups -OCH3 is 2. The van der Waals surface area contributed by atoms with Gasteiger partial charge < -0.3 is 34.9 Å². The molecule has 0 saturated carbocycles. The molecule has 238 valence electrons. The van der Waals surface area contributed by atoms with Gasteiger partial charge in [0.1, 0.15) is 0 Å². The van der Waals surface area contributed by atoms with Crippen LogP contribution in [0.4, 0.5) is 17.1 Å². The third-order valence-electron chi connectivity index (χ3n) is 8.78. The summed E-state index contributed by atoms with van der Waals surface area (Å²) in [6, 6.07) is 25.1. The second-order valence-electron chi connectivity index (χ2n) is 12.0. The second-order valence-corrected chi connectivity index (χ2v) is 12.4. The minimum absolute atomic E-state index is 0.0667. The number of pyridine rings is 1. The number of carbonyl (C=O) groups excluding carboxylic acids is 1. The molecule has 1 amide bonds. The zero-order valence-electron chi connectivity index (χ0n) is 26.3. The average molecular weight is 638 g/mol. The van der Waals surface area contributed by atoms with Crippen molar-refractivity contribution in [1.29, 1.82) is 0 Å². The SMILES string of the molecule is COc1ccc(CCNC(=O)c2ccc(N3CC4CC(C3)c3cccc(=O)n3C4)c(NC(=S)Nc3ccc(C)cc3)c2)cc1OC. The molecule has 2 unspecified atom stereocenters. The van der Waals surface area contributed by atoms with E-state index in [2.05, 4.69) is 26.9 Å². The molecule has 2 atom stereocenters. The number of fused-ring (bicyclic) bond motifs is 4. The zero-order chi connectivity index (χ0) is 32.2. The molecule has 0 spiro atoms. The van der Waals surface area contributed by atoms with Crippen LogP contribution >= 0.6 is 12.2 Å². The number of carbonyl (C=O) groups is 1. The van der Waals surface area contributed by atoms with E-state index in [1.54, 1.807) is 20.3 Å². The first-order valence-electron chi connectivity index (χ1n) is 15.5. The van der Waals surface area contributed by atoms with Gasteiger partial charge in [-0.05, 0) is 92.0 Å². The molecule has 0 radical (unpaired) electrons. The molecule has 3 heterocycles. The van der Waals surface area contributed by atoms with Gasteiger partial charge in [-0.25, -0.2) is 0 Å². The summed E-state index contributed by atoms with van der Waals surface area (Å²) in [5.41, 5.74) is 6.48. The molecule has 0 aliphatic carbocycles. The Morgan fingerprint density at radius 2 is 1.72 bits per heavy atom. The highest BCUT2D eigenvalue weighted by Crippen LogP contribution is 2.39. The van der Waals surface area contributed by atoms with Crippen molar-refractivity contribution < 1.29 is 14.3 Å². The minimum atomic E-state index is -0.170. The number of aryl methyl sites for hydroxylation is 1. The predicted octanol–water partition coefficient (Wildman–Crippen LogP) is 5.58. The molecule has 2 aliphatic heterocycles. The van der Waals surface area contributed by atoms with Crippen LogP contribution in [-0.2, 0) is 13.0 Å². The average Bonchev–Trinajstić information content (AvgIpc) is 3.06. The summed E-state index contributed by atoms with van der Waals surface area (Å²) in [5.74, 6) is 1.74. The molecule has 2 aliphatic rings. The summed E-state index contributed by atoms with van der Waals surface area (Å²) in [6.45, 7) is 4.78. The summed E-state index contributed by atoms with van der Waals surface area (Å²) in [5, 5.41) is 10.1. The van der Waals surface area contributed by atoms with E-state index < -0.39 is 0 Å². The molecule has 3 aromatic carbocycles. The number of hydrogen-bond acceptors (Lipinski definition) is 6. The Morgan fingerprint density at radius 1 is 0.913 bits per heavy atom. The molecule has 10 heteroatoms. The van der Waals surface area contributed by atoms with Gasteiger partial charge in [-0.1, -0.05) is 29.8 Å². The number of thiocarbonyl (C=S) groups is 1. The monoisotopic (exact) mass is 637 g/mol. The summed E-state index contributed by atoms with van der Waals surface area (Å²) in [6.07, 6.45) is 1.69. The lowest BCUT2D eigenvalue weighted by molar-refractivity contribution is 0.0954. The van der Waals surface area contributed by atoms with Gasteiger partial charge in [-0.3, -0.25) is 9.59 Å². The van der Waals surface area contributed by atoms with Crippen LogP contribution in [0.25, 0.3) is 0 Å².